The Morgan fingerprint density at radius 2 is 1.81 bits per heavy atom. The summed E-state index contributed by atoms with van der Waals surface area (Å²) in [6.45, 7) is -0.232. The zero-order valence-corrected chi connectivity index (χ0v) is 18.0. The smallest absolute Gasteiger partial charge is 0.343 e. The van der Waals surface area contributed by atoms with Crippen molar-refractivity contribution in [2.24, 2.45) is 5.10 Å². The van der Waals surface area contributed by atoms with E-state index in [1.54, 1.807) is 42.5 Å². The average Bonchev–Trinajstić information content (AvgIpc) is 2.79. The molecule has 9 nitrogen and oxygen atoms in total. The molecule has 10 heteroatoms. The van der Waals surface area contributed by atoms with Crippen LogP contribution in [-0.4, -0.2) is 29.6 Å². The van der Waals surface area contributed by atoms with Gasteiger partial charge in [-0.1, -0.05) is 34.1 Å². The summed E-state index contributed by atoms with van der Waals surface area (Å²) in [4.78, 5) is 34.4. The Morgan fingerprint density at radius 1 is 1.06 bits per heavy atom. The predicted molar refractivity (Wildman–Crippen MR) is 120 cm³/mol. The van der Waals surface area contributed by atoms with Crippen molar-refractivity contribution in [2.45, 2.75) is 0 Å². The van der Waals surface area contributed by atoms with Crippen molar-refractivity contribution in [1.29, 1.82) is 0 Å². The van der Waals surface area contributed by atoms with Crippen LogP contribution < -0.4 is 14.9 Å². The number of para-hydroxylation sites is 1. The second-order valence-corrected chi connectivity index (χ2v) is 7.19. The van der Waals surface area contributed by atoms with Crippen LogP contribution in [0.2, 0.25) is 0 Å². The van der Waals surface area contributed by atoms with Crippen LogP contribution >= 0.6 is 15.9 Å². The monoisotopic (exact) mass is 497 g/mol. The van der Waals surface area contributed by atoms with Gasteiger partial charge >= 0.3 is 5.97 Å². The van der Waals surface area contributed by atoms with Crippen LogP contribution in [0, 0.1) is 10.1 Å². The molecule has 3 aromatic rings. The molecule has 0 bridgehead atoms. The van der Waals surface area contributed by atoms with E-state index < -0.39 is 16.8 Å². The number of carbonyl (C=O) groups is 2. The van der Waals surface area contributed by atoms with Crippen LogP contribution in [0.15, 0.2) is 82.4 Å². The first-order valence-electron chi connectivity index (χ1n) is 9.18. The summed E-state index contributed by atoms with van der Waals surface area (Å²) in [5, 5.41) is 14.6. The standard InChI is InChI=1S/C22H16BrN3O6/c23-17-5-3-6-19(12-17)31-14-21(27)25-24-13-16-4-1-2-7-20(16)32-22(28)15-8-10-18(11-9-15)26(29)30/h1-13H,14H2,(H,25,27)/b24-13+. The number of nitrogens with zero attached hydrogens (tertiary/aromatic N) is 2. The highest BCUT2D eigenvalue weighted by Crippen LogP contribution is 2.19. The number of nitro groups is 1. The molecule has 0 aromatic heterocycles. The molecule has 0 saturated carbocycles. The topological polar surface area (TPSA) is 120 Å². The lowest BCUT2D eigenvalue weighted by atomic mass is 10.2. The van der Waals surface area contributed by atoms with Crippen molar-refractivity contribution < 1.29 is 24.0 Å². The van der Waals surface area contributed by atoms with Crippen LogP contribution in [-0.2, 0) is 4.79 Å². The van der Waals surface area contributed by atoms with E-state index in [-0.39, 0.29) is 23.6 Å². The minimum absolute atomic E-state index is 0.131. The van der Waals surface area contributed by atoms with Crippen molar-refractivity contribution in [1.82, 2.24) is 5.43 Å². The SMILES string of the molecule is O=C(COc1cccc(Br)c1)N/N=C/c1ccccc1OC(=O)c1ccc([N+](=O)[O-])cc1. The van der Waals surface area contributed by atoms with E-state index in [9.17, 15) is 19.7 Å². The molecule has 0 aliphatic rings. The normalized spacial score (nSPS) is 10.5. The van der Waals surface area contributed by atoms with Crippen LogP contribution in [0.4, 0.5) is 5.69 Å². The van der Waals surface area contributed by atoms with Crippen molar-refractivity contribution in [3.8, 4) is 11.5 Å². The third kappa shape index (κ3) is 6.47. The molecule has 1 amide bonds. The van der Waals surface area contributed by atoms with E-state index in [4.69, 9.17) is 9.47 Å². The third-order valence-corrected chi connectivity index (χ3v) is 4.49. The lowest BCUT2D eigenvalue weighted by Crippen LogP contribution is -2.24. The summed E-state index contributed by atoms with van der Waals surface area (Å²) in [6.07, 6.45) is 1.33. The Labute approximate surface area is 190 Å². The number of rotatable bonds is 8. The summed E-state index contributed by atoms with van der Waals surface area (Å²) in [5.74, 6) is -0.421. The molecule has 0 aliphatic heterocycles. The molecule has 1 N–H and O–H groups in total. The van der Waals surface area contributed by atoms with E-state index in [0.717, 1.165) is 4.47 Å². The lowest BCUT2D eigenvalue weighted by Gasteiger charge is -2.07. The van der Waals surface area contributed by atoms with Gasteiger partial charge in [-0.15, -0.1) is 0 Å². The van der Waals surface area contributed by atoms with Crippen molar-refractivity contribution in [3.05, 3.63) is 98.5 Å². The second-order valence-electron chi connectivity index (χ2n) is 6.27. The lowest BCUT2D eigenvalue weighted by molar-refractivity contribution is -0.384. The maximum Gasteiger partial charge on any atom is 0.343 e. The van der Waals surface area contributed by atoms with Crippen LogP contribution in [0.1, 0.15) is 15.9 Å². The van der Waals surface area contributed by atoms with Crippen LogP contribution in [0.5, 0.6) is 11.5 Å². The number of hydrazone groups is 1. The summed E-state index contributed by atoms with van der Waals surface area (Å²) in [6, 6.07) is 18.7. The second kappa shape index (κ2) is 10.8. The van der Waals surface area contributed by atoms with Gasteiger partial charge in [0.15, 0.2) is 6.61 Å². The number of benzene rings is 3. The third-order valence-electron chi connectivity index (χ3n) is 3.99. The highest BCUT2D eigenvalue weighted by molar-refractivity contribution is 9.10. The Hall–Kier alpha value is -4.05. The maximum absolute atomic E-state index is 12.3. The van der Waals surface area contributed by atoms with E-state index in [1.165, 1.54) is 30.5 Å². The minimum Gasteiger partial charge on any atom is -0.484 e. The summed E-state index contributed by atoms with van der Waals surface area (Å²) < 4.78 is 11.6. The van der Waals surface area contributed by atoms with Crippen molar-refractivity contribution >= 4 is 39.7 Å². The molecule has 0 saturated heterocycles. The molecular formula is C22H16BrN3O6. The molecule has 0 heterocycles. The zero-order valence-electron chi connectivity index (χ0n) is 16.4. The number of non-ortho nitro benzene ring substituents is 1. The number of hydrogen-bond donors (Lipinski definition) is 1. The number of carbonyl (C=O) groups excluding carboxylic acids is 2. The number of hydrogen-bond acceptors (Lipinski definition) is 7. The molecule has 32 heavy (non-hydrogen) atoms. The van der Waals surface area contributed by atoms with Gasteiger partial charge in [-0.3, -0.25) is 14.9 Å². The first-order chi connectivity index (χ1) is 15.4. The van der Waals surface area contributed by atoms with Crippen LogP contribution in [0.25, 0.3) is 0 Å². The van der Waals surface area contributed by atoms with Crippen LogP contribution in [0.3, 0.4) is 0 Å². The Morgan fingerprint density at radius 3 is 2.53 bits per heavy atom. The van der Waals surface area contributed by atoms with Crippen molar-refractivity contribution in [2.75, 3.05) is 6.61 Å². The molecule has 0 unspecified atom stereocenters. The number of nitrogens with one attached hydrogen (secondary N) is 1. The number of esters is 1. The summed E-state index contributed by atoms with van der Waals surface area (Å²) >= 11 is 3.32. The fraction of sp³-hybridized carbons (Fsp3) is 0.0455. The molecule has 0 aliphatic carbocycles. The maximum atomic E-state index is 12.3. The van der Waals surface area contributed by atoms with Gasteiger partial charge in [0.05, 0.1) is 16.7 Å². The van der Waals surface area contributed by atoms with Gasteiger partial charge in [-0.25, -0.2) is 10.2 Å². The first-order valence-corrected chi connectivity index (χ1v) is 9.97. The largest absolute Gasteiger partial charge is 0.484 e. The summed E-state index contributed by atoms with van der Waals surface area (Å²) in [7, 11) is 0. The number of ether oxygens (including phenoxy) is 2. The average molecular weight is 498 g/mol. The van der Waals surface area contributed by atoms with E-state index >= 15 is 0 Å². The molecule has 0 spiro atoms. The predicted octanol–water partition coefficient (Wildman–Crippen LogP) is 4.11. The van der Waals surface area contributed by atoms with Gasteiger partial charge in [-0.2, -0.15) is 5.10 Å². The van der Waals surface area contributed by atoms with Gasteiger partial charge in [0.1, 0.15) is 11.5 Å². The summed E-state index contributed by atoms with van der Waals surface area (Å²) in [5.41, 5.74) is 2.80. The van der Waals surface area contributed by atoms with E-state index in [2.05, 4.69) is 26.5 Å². The molecule has 0 fully saturated rings. The molecular weight excluding hydrogens is 482 g/mol. The number of nitro benzene ring substituents is 1. The highest BCUT2D eigenvalue weighted by Gasteiger charge is 2.13. The number of amides is 1. The van der Waals surface area contributed by atoms with Crippen molar-refractivity contribution in [3.63, 3.8) is 0 Å². The Kier molecular flexibility index (Phi) is 7.65. The highest BCUT2D eigenvalue weighted by atomic mass is 79.9. The minimum atomic E-state index is -0.688. The Bertz CT molecular complexity index is 1160. The quantitative estimate of drug-likeness (QED) is 0.164. The zero-order chi connectivity index (χ0) is 22.9. The van der Waals surface area contributed by atoms with Gasteiger partial charge in [-0.05, 0) is 42.5 Å². The number of halogens is 1. The van der Waals surface area contributed by atoms with Gasteiger partial charge in [0.2, 0.25) is 0 Å². The van der Waals surface area contributed by atoms with Gasteiger partial charge in [0.25, 0.3) is 11.6 Å². The van der Waals surface area contributed by atoms with Gasteiger partial charge in [0, 0.05) is 22.2 Å². The molecule has 162 valence electrons. The van der Waals surface area contributed by atoms with E-state index in [0.29, 0.717) is 11.3 Å². The molecule has 0 atom stereocenters. The van der Waals surface area contributed by atoms with Gasteiger partial charge < -0.3 is 9.47 Å². The first kappa shape index (κ1) is 22.6. The Balaban J connectivity index is 1.58. The van der Waals surface area contributed by atoms with E-state index in [1.807, 2.05) is 6.07 Å². The fourth-order valence-corrected chi connectivity index (χ4v) is 2.85. The fourth-order valence-electron chi connectivity index (χ4n) is 2.47. The molecule has 3 aromatic carbocycles. The molecule has 3 rings (SSSR count). The molecule has 0 radical (unpaired) electrons.